The Kier molecular flexibility index (Phi) is 4.13. The van der Waals surface area contributed by atoms with Crippen LogP contribution in [0.2, 0.25) is 0 Å². The molecule has 1 amide bonds. The van der Waals surface area contributed by atoms with E-state index in [9.17, 15) is 4.79 Å². The molecule has 4 nitrogen and oxygen atoms in total. The zero-order chi connectivity index (χ0) is 15.7. The number of anilines is 1. The maximum atomic E-state index is 11.5. The number of nitrogens with one attached hydrogen (secondary N) is 1. The summed E-state index contributed by atoms with van der Waals surface area (Å²) in [7, 11) is 3.97. The fraction of sp³-hybridized carbons (Fsp3) is 0.611. The molecule has 1 heterocycles. The first-order valence-corrected chi connectivity index (χ1v) is 8.33. The van der Waals surface area contributed by atoms with Crippen LogP contribution in [-0.4, -0.2) is 44.0 Å². The number of carbonyl (C=O) groups is 1. The molecule has 1 aromatic rings. The van der Waals surface area contributed by atoms with Gasteiger partial charge in [-0.25, -0.2) is 0 Å². The molecule has 1 N–H and O–H groups in total. The van der Waals surface area contributed by atoms with E-state index >= 15 is 0 Å². The molecular formula is C18H27N3O. The van der Waals surface area contributed by atoms with Gasteiger partial charge in [-0.3, -0.25) is 4.79 Å². The van der Waals surface area contributed by atoms with Crippen molar-refractivity contribution in [3.05, 3.63) is 29.8 Å². The van der Waals surface area contributed by atoms with Gasteiger partial charge in [-0.1, -0.05) is 12.1 Å². The molecule has 0 unspecified atom stereocenters. The van der Waals surface area contributed by atoms with Crippen molar-refractivity contribution in [3.63, 3.8) is 0 Å². The molecule has 1 saturated heterocycles. The van der Waals surface area contributed by atoms with E-state index in [0.717, 1.165) is 25.9 Å². The van der Waals surface area contributed by atoms with Crippen LogP contribution >= 0.6 is 0 Å². The van der Waals surface area contributed by atoms with E-state index in [4.69, 9.17) is 0 Å². The Bertz CT molecular complexity index is 528. The van der Waals surface area contributed by atoms with Crippen molar-refractivity contribution in [2.75, 3.05) is 32.1 Å². The Morgan fingerprint density at radius 2 is 1.82 bits per heavy atom. The molecule has 0 aromatic heterocycles. The molecule has 4 heteroatoms. The van der Waals surface area contributed by atoms with Crippen LogP contribution in [0.3, 0.4) is 0 Å². The summed E-state index contributed by atoms with van der Waals surface area (Å²) in [5, 5.41) is 3.45. The third-order valence-corrected chi connectivity index (χ3v) is 5.52. The molecule has 0 bridgehead atoms. The average molecular weight is 301 g/mol. The largest absolute Gasteiger partial charge is 0.371 e. The predicted molar refractivity (Wildman–Crippen MR) is 90.1 cm³/mol. The van der Waals surface area contributed by atoms with Gasteiger partial charge in [-0.2, -0.15) is 0 Å². The Morgan fingerprint density at radius 1 is 1.23 bits per heavy atom. The van der Waals surface area contributed by atoms with Crippen LogP contribution in [0.5, 0.6) is 0 Å². The molecule has 22 heavy (non-hydrogen) atoms. The highest BCUT2D eigenvalue weighted by Crippen LogP contribution is 2.45. The zero-order valence-electron chi connectivity index (χ0n) is 13.9. The number of piperidine rings is 1. The number of amides is 1. The van der Waals surface area contributed by atoms with E-state index in [1.54, 1.807) is 6.92 Å². The van der Waals surface area contributed by atoms with E-state index in [2.05, 4.69) is 41.5 Å². The molecule has 0 atom stereocenters. The summed E-state index contributed by atoms with van der Waals surface area (Å²) in [5.74, 6) is 0.171. The summed E-state index contributed by atoms with van der Waals surface area (Å²) in [4.78, 5) is 15.8. The second-order valence-electron chi connectivity index (χ2n) is 6.73. The number of hydrogen-bond acceptors (Lipinski definition) is 3. The quantitative estimate of drug-likeness (QED) is 0.927. The molecular weight excluding hydrogens is 274 g/mol. The van der Waals surface area contributed by atoms with Gasteiger partial charge in [-0.05, 0) is 50.4 Å². The minimum Gasteiger partial charge on any atom is -0.371 e. The minimum atomic E-state index is 0.171. The first-order valence-electron chi connectivity index (χ1n) is 8.33. The van der Waals surface area contributed by atoms with Gasteiger partial charge in [0.2, 0.25) is 5.91 Å². The lowest BCUT2D eigenvalue weighted by atomic mass is 10.0. The lowest BCUT2D eigenvalue weighted by Gasteiger charge is -2.37. The second-order valence-corrected chi connectivity index (χ2v) is 6.73. The molecule has 1 saturated carbocycles. The van der Waals surface area contributed by atoms with Crippen molar-refractivity contribution in [2.24, 2.45) is 0 Å². The Morgan fingerprint density at radius 3 is 2.27 bits per heavy atom. The molecule has 0 radical (unpaired) electrons. The van der Waals surface area contributed by atoms with Crippen molar-refractivity contribution in [3.8, 4) is 0 Å². The SMILES string of the molecule is CNC1(c2ccc(N3CCC(N(C)C(C)=O)CC3)cc2)CC1. The normalized spacial score (nSPS) is 20.8. The third kappa shape index (κ3) is 2.84. The minimum absolute atomic E-state index is 0.171. The van der Waals surface area contributed by atoms with Gasteiger partial charge < -0.3 is 15.1 Å². The maximum absolute atomic E-state index is 11.5. The molecule has 1 aromatic carbocycles. The van der Waals surface area contributed by atoms with E-state index in [1.807, 2.05) is 11.9 Å². The van der Waals surface area contributed by atoms with Crippen molar-refractivity contribution in [1.82, 2.24) is 10.2 Å². The second kappa shape index (κ2) is 5.92. The molecule has 120 valence electrons. The van der Waals surface area contributed by atoms with E-state index < -0.39 is 0 Å². The van der Waals surface area contributed by atoms with E-state index in [0.29, 0.717) is 6.04 Å². The highest BCUT2D eigenvalue weighted by Gasteiger charge is 2.42. The number of nitrogens with zero attached hydrogens (tertiary/aromatic N) is 2. The van der Waals surface area contributed by atoms with Crippen LogP contribution in [0.25, 0.3) is 0 Å². The van der Waals surface area contributed by atoms with Crippen LogP contribution in [-0.2, 0) is 10.3 Å². The highest BCUT2D eigenvalue weighted by atomic mass is 16.2. The van der Waals surface area contributed by atoms with Crippen molar-refractivity contribution in [1.29, 1.82) is 0 Å². The number of benzene rings is 1. The average Bonchev–Trinajstić information content (AvgIpc) is 3.36. The van der Waals surface area contributed by atoms with Gasteiger partial charge in [0, 0.05) is 44.3 Å². The van der Waals surface area contributed by atoms with Gasteiger partial charge in [-0.15, -0.1) is 0 Å². The van der Waals surface area contributed by atoms with E-state index in [-0.39, 0.29) is 11.4 Å². The molecule has 2 aliphatic rings. The van der Waals surface area contributed by atoms with Crippen LogP contribution in [0, 0.1) is 0 Å². The zero-order valence-corrected chi connectivity index (χ0v) is 13.9. The van der Waals surface area contributed by atoms with Crippen LogP contribution in [0.15, 0.2) is 24.3 Å². The van der Waals surface area contributed by atoms with Gasteiger partial charge in [0.1, 0.15) is 0 Å². The van der Waals surface area contributed by atoms with Crippen LogP contribution in [0.4, 0.5) is 5.69 Å². The summed E-state index contributed by atoms with van der Waals surface area (Å²) in [6.45, 7) is 3.71. The Hall–Kier alpha value is -1.55. The fourth-order valence-electron chi connectivity index (χ4n) is 3.57. The predicted octanol–water partition coefficient (Wildman–Crippen LogP) is 2.34. The molecule has 0 spiro atoms. The molecule has 3 rings (SSSR count). The van der Waals surface area contributed by atoms with Gasteiger partial charge >= 0.3 is 0 Å². The summed E-state index contributed by atoms with van der Waals surface area (Å²) >= 11 is 0. The van der Waals surface area contributed by atoms with E-state index in [1.165, 1.54) is 24.1 Å². The Balaban J connectivity index is 1.61. The van der Waals surface area contributed by atoms with Gasteiger partial charge in [0.15, 0.2) is 0 Å². The van der Waals surface area contributed by atoms with Gasteiger partial charge in [0.05, 0.1) is 0 Å². The summed E-state index contributed by atoms with van der Waals surface area (Å²) in [6.07, 6.45) is 4.59. The monoisotopic (exact) mass is 301 g/mol. The highest BCUT2D eigenvalue weighted by molar-refractivity contribution is 5.73. The number of rotatable bonds is 4. The lowest BCUT2D eigenvalue weighted by Crippen LogP contribution is -2.45. The molecule has 1 aliphatic carbocycles. The van der Waals surface area contributed by atoms with Crippen molar-refractivity contribution in [2.45, 2.75) is 44.2 Å². The Labute approximate surface area is 133 Å². The summed E-state index contributed by atoms with van der Waals surface area (Å²) in [6, 6.07) is 9.44. The van der Waals surface area contributed by atoms with Gasteiger partial charge in [0.25, 0.3) is 0 Å². The maximum Gasteiger partial charge on any atom is 0.219 e. The van der Waals surface area contributed by atoms with Crippen LogP contribution < -0.4 is 10.2 Å². The fourth-order valence-corrected chi connectivity index (χ4v) is 3.57. The first kappa shape index (κ1) is 15.3. The summed E-state index contributed by atoms with van der Waals surface area (Å²) < 4.78 is 0. The first-order chi connectivity index (χ1) is 10.6. The molecule has 1 aliphatic heterocycles. The number of hydrogen-bond donors (Lipinski definition) is 1. The standard InChI is InChI=1S/C18H27N3O/c1-14(22)20(3)16-8-12-21(13-9-16)17-6-4-15(5-7-17)18(19-2)10-11-18/h4-7,16,19H,8-13H2,1-3H3. The third-order valence-electron chi connectivity index (χ3n) is 5.52. The smallest absolute Gasteiger partial charge is 0.219 e. The van der Waals surface area contributed by atoms with Crippen LogP contribution in [0.1, 0.15) is 38.2 Å². The van der Waals surface area contributed by atoms with Crippen molar-refractivity contribution >= 4 is 11.6 Å². The topological polar surface area (TPSA) is 35.6 Å². The summed E-state index contributed by atoms with van der Waals surface area (Å²) in [5.41, 5.74) is 2.96. The number of carbonyl (C=O) groups excluding carboxylic acids is 1. The molecule has 2 fully saturated rings. The lowest BCUT2D eigenvalue weighted by molar-refractivity contribution is -0.129. The van der Waals surface area contributed by atoms with Crippen molar-refractivity contribution < 1.29 is 4.79 Å².